The van der Waals surface area contributed by atoms with Crippen LogP contribution in [0.25, 0.3) is 11.1 Å². The molecular weight excluding hydrogens is 282 g/mol. The van der Waals surface area contributed by atoms with E-state index in [-0.39, 0.29) is 0 Å². The van der Waals surface area contributed by atoms with E-state index < -0.39 is 0 Å². The van der Waals surface area contributed by atoms with E-state index in [0.29, 0.717) is 6.04 Å². The highest BCUT2D eigenvalue weighted by Gasteiger charge is 2.29. The zero-order valence-electron chi connectivity index (χ0n) is 14.1. The Bertz CT molecular complexity index is 788. The average Bonchev–Trinajstić information content (AvgIpc) is 2.68. The normalized spacial score (nSPS) is 19.6. The molecule has 2 aromatic carbocycles. The molecule has 2 aromatic rings. The first kappa shape index (κ1) is 14.5. The number of nitrogens with zero attached hydrogens (tertiary/aromatic N) is 1. The lowest BCUT2D eigenvalue weighted by Gasteiger charge is -2.31. The third-order valence-electron chi connectivity index (χ3n) is 5.16. The number of para-hydroxylation sites is 1. The molecule has 1 heterocycles. The second-order valence-corrected chi connectivity index (χ2v) is 6.92. The van der Waals surface area contributed by atoms with Gasteiger partial charge in [0.2, 0.25) is 0 Å². The number of hydrogen-bond donors (Lipinski definition) is 0. The smallest absolute Gasteiger partial charge is 0.135 e. The molecule has 2 heteroatoms. The van der Waals surface area contributed by atoms with E-state index in [9.17, 15) is 0 Å². The van der Waals surface area contributed by atoms with Crippen LogP contribution in [0.4, 0.5) is 0 Å². The fraction of sp³-hybridized carbons (Fsp3) is 0.333. The number of ether oxygens (including phenoxy) is 1. The third-order valence-corrected chi connectivity index (χ3v) is 5.16. The number of benzene rings is 2. The van der Waals surface area contributed by atoms with Gasteiger partial charge in [-0.15, -0.1) is 0 Å². The molecule has 0 aromatic heterocycles. The van der Waals surface area contributed by atoms with Gasteiger partial charge in [-0.1, -0.05) is 30.3 Å². The molecule has 1 unspecified atom stereocenters. The molecule has 0 bridgehead atoms. The predicted molar refractivity (Wildman–Crippen MR) is 95.8 cm³/mol. The van der Waals surface area contributed by atoms with Crippen LogP contribution in [0.15, 0.2) is 42.5 Å². The maximum atomic E-state index is 6.32. The van der Waals surface area contributed by atoms with Crippen molar-refractivity contribution in [2.45, 2.75) is 32.2 Å². The standard InChI is InChI=1S/C21H23NO/c1-14-8-10-18-19-13-15(22(2)3)9-11-16(19)17-6-4-5-7-20(17)23-21(18)12-14/h4-8,10,12,15H,9,11,13H2,1-3H3. The van der Waals surface area contributed by atoms with Gasteiger partial charge in [0.1, 0.15) is 11.5 Å². The average molecular weight is 305 g/mol. The zero-order chi connectivity index (χ0) is 16.0. The van der Waals surface area contributed by atoms with Crippen LogP contribution in [-0.4, -0.2) is 25.0 Å². The van der Waals surface area contributed by atoms with Crippen LogP contribution in [-0.2, 0) is 0 Å². The van der Waals surface area contributed by atoms with Gasteiger partial charge in [-0.25, -0.2) is 0 Å². The van der Waals surface area contributed by atoms with Crippen LogP contribution in [0.5, 0.6) is 11.5 Å². The van der Waals surface area contributed by atoms with E-state index in [4.69, 9.17) is 4.74 Å². The maximum absolute atomic E-state index is 6.32. The SMILES string of the molecule is Cc1ccc2c(c1)Oc1ccccc1C1=C2CC(N(C)C)CC1. The van der Waals surface area contributed by atoms with Gasteiger partial charge in [0.25, 0.3) is 0 Å². The summed E-state index contributed by atoms with van der Waals surface area (Å²) in [5.41, 5.74) is 6.73. The van der Waals surface area contributed by atoms with Gasteiger partial charge in [0, 0.05) is 17.2 Å². The minimum absolute atomic E-state index is 0.605. The van der Waals surface area contributed by atoms with Gasteiger partial charge < -0.3 is 9.64 Å². The summed E-state index contributed by atoms with van der Waals surface area (Å²) in [5, 5.41) is 0. The molecule has 0 spiro atoms. The number of allylic oxidation sites excluding steroid dienone is 1. The van der Waals surface area contributed by atoms with E-state index in [1.165, 1.54) is 34.3 Å². The van der Waals surface area contributed by atoms with Crippen molar-refractivity contribution in [3.63, 3.8) is 0 Å². The van der Waals surface area contributed by atoms with Gasteiger partial charge in [-0.2, -0.15) is 0 Å². The molecule has 4 rings (SSSR count). The largest absolute Gasteiger partial charge is 0.456 e. The fourth-order valence-corrected chi connectivity index (χ4v) is 3.82. The predicted octanol–water partition coefficient (Wildman–Crippen LogP) is 5.13. The molecule has 118 valence electrons. The van der Waals surface area contributed by atoms with E-state index >= 15 is 0 Å². The Kier molecular flexibility index (Phi) is 3.50. The molecule has 1 aliphatic heterocycles. The highest BCUT2D eigenvalue weighted by molar-refractivity contribution is 5.96. The van der Waals surface area contributed by atoms with Crippen LogP contribution in [0, 0.1) is 6.92 Å². The molecule has 2 nitrogen and oxygen atoms in total. The first-order valence-electron chi connectivity index (χ1n) is 8.40. The van der Waals surface area contributed by atoms with Gasteiger partial charge in [-0.05, 0) is 69.1 Å². The Hall–Kier alpha value is -2.06. The van der Waals surface area contributed by atoms with E-state index in [1.807, 2.05) is 0 Å². The van der Waals surface area contributed by atoms with Gasteiger partial charge in [0.05, 0.1) is 0 Å². The molecule has 0 saturated carbocycles. The van der Waals surface area contributed by atoms with Crippen LogP contribution in [0.1, 0.15) is 36.0 Å². The highest BCUT2D eigenvalue weighted by Crippen LogP contribution is 2.48. The van der Waals surface area contributed by atoms with Crippen LogP contribution in [0.2, 0.25) is 0 Å². The molecule has 0 N–H and O–H groups in total. The lowest BCUT2D eigenvalue weighted by Crippen LogP contribution is -2.30. The molecule has 0 fully saturated rings. The van der Waals surface area contributed by atoms with Crippen molar-refractivity contribution in [1.29, 1.82) is 0 Å². The molecular formula is C21H23NO. The first-order valence-corrected chi connectivity index (χ1v) is 8.40. The Labute approximate surface area is 138 Å². The lowest BCUT2D eigenvalue weighted by atomic mass is 9.81. The Morgan fingerprint density at radius 2 is 1.74 bits per heavy atom. The minimum Gasteiger partial charge on any atom is -0.456 e. The second-order valence-electron chi connectivity index (χ2n) is 6.92. The summed E-state index contributed by atoms with van der Waals surface area (Å²) in [6.07, 6.45) is 3.42. The third kappa shape index (κ3) is 2.47. The topological polar surface area (TPSA) is 12.5 Å². The Balaban J connectivity index is 1.94. The summed E-state index contributed by atoms with van der Waals surface area (Å²) < 4.78 is 6.32. The number of aryl methyl sites for hydroxylation is 1. The first-order chi connectivity index (χ1) is 11.1. The number of fused-ring (bicyclic) bond motifs is 4. The maximum Gasteiger partial charge on any atom is 0.135 e. The second kappa shape index (κ2) is 5.54. The van der Waals surface area contributed by atoms with Crippen molar-refractivity contribution in [1.82, 2.24) is 4.90 Å². The Morgan fingerprint density at radius 3 is 2.57 bits per heavy atom. The van der Waals surface area contributed by atoms with E-state index in [2.05, 4.69) is 68.4 Å². The monoisotopic (exact) mass is 305 g/mol. The zero-order valence-corrected chi connectivity index (χ0v) is 14.1. The Morgan fingerprint density at radius 1 is 0.957 bits per heavy atom. The summed E-state index contributed by atoms with van der Waals surface area (Å²) in [6.45, 7) is 2.12. The lowest BCUT2D eigenvalue weighted by molar-refractivity contribution is 0.281. The van der Waals surface area contributed by atoms with Crippen molar-refractivity contribution < 1.29 is 4.74 Å². The summed E-state index contributed by atoms with van der Waals surface area (Å²) in [5.74, 6) is 1.99. The molecule has 23 heavy (non-hydrogen) atoms. The fourth-order valence-electron chi connectivity index (χ4n) is 3.82. The summed E-state index contributed by atoms with van der Waals surface area (Å²) >= 11 is 0. The quantitative estimate of drug-likeness (QED) is 0.724. The van der Waals surface area contributed by atoms with Crippen LogP contribution in [0.3, 0.4) is 0 Å². The van der Waals surface area contributed by atoms with Crippen molar-refractivity contribution >= 4 is 11.1 Å². The van der Waals surface area contributed by atoms with Crippen molar-refractivity contribution in [3.05, 3.63) is 59.2 Å². The molecule has 1 atom stereocenters. The van der Waals surface area contributed by atoms with Crippen molar-refractivity contribution in [2.24, 2.45) is 0 Å². The van der Waals surface area contributed by atoms with Crippen LogP contribution < -0.4 is 4.74 Å². The molecule has 1 aliphatic carbocycles. The van der Waals surface area contributed by atoms with E-state index in [0.717, 1.165) is 24.3 Å². The highest BCUT2D eigenvalue weighted by atomic mass is 16.5. The molecule has 2 aliphatic rings. The van der Waals surface area contributed by atoms with Crippen LogP contribution >= 0.6 is 0 Å². The van der Waals surface area contributed by atoms with E-state index in [1.54, 1.807) is 0 Å². The van der Waals surface area contributed by atoms with Gasteiger partial charge in [-0.3, -0.25) is 0 Å². The van der Waals surface area contributed by atoms with Gasteiger partial charge in [0.15, 0.2) is 0 Å². The minimum atomic E-state index is 0.605. The van der Waals surface area contributed by atoms with Gasteiger partial charge >= 0.3 is 0 Å². The van der Waals surface area contributed by atoms with Crippen molar-refractivity contribution in [2.75, 3.05) is 14.1 Å². The molecule has 0 saturated heterocycles. The summed E-state index contributed by atoms with van der Waals surface area (Å²) in [4.78, 5) is 2.36. The summed E-state index contributed by atoms with van der Waals surface area (Å²) in [7, 11) is 4.38. The molecule has 0 amide bonds. The molecule has 0 radical (unpaired) electrons. The number of hydrogen-bond acceptors (Lipinski definition) is 2. The summed E-state index contributed by atoms with van der Waals surface area (Å²) in [6, 6.07) is 15.7. The number of rotatable bonds is 1. The van der Waals surface area contributed by atoms with Crippen molar-refractivity contribution in [3.8, 4) is 11.5 Å².